The first-order chi connectivity index (χ1) is 12.2. The number of carbonyl (C=O) groups is 2. The summed E-state index contributed by atoms with van der Waals surface area (Å²) in [7, 11) is 0. The average molecular weight is 335 g/mol. The van der Waals surface area contributed by atoms with Gasteiger partial charge in [0.25, 0.3) is 5.91 Å². The van der Waals surface area contributed by atoms with Crippen molar-refractivity contribution in [2.75, 3.05) is 24.7 Å². The fourth-order valence-corrected chi connectivity index (χ4v) is 3.13. The second kappa shape index (κ2) is 6.43. The summed E-state index contributed by atoms with van der Waals surface area (Å²) in [5, 5.41) is 0. The fourth-order valence-electron chi connectivity index (χ4n) is 3.13. The van der Waals surface area contributed by atoms with Crippen LogP contribution in [-0.2, 0) is 20.7 Å². The van der Waals surface area contributed by atoms with Crippen molar-refractivity contribution < 1.29 is 19.1 Å². The number of hydrogen-bond acceptors (Lipinski definition) is 4. The Morgan fingerprint density at radius 1 is 1.08 bits per heavy atom. The van der Waals surface area contributed by atoms with Crippen LogP contribution < -0.4 is 9.64 Å². The number of carbonyl (C=O) groups excluding carboxylic acids is 2. The molecule has 0 N–H and O–H groups in total. The van der Waals surface area contributed by atoms with E-state index in [2.05, 4.69) is 0 Å². The number of fused-ring (bicyclic) bond motifs is 2. The van der Waals surface area contributed by atoms with Gasteiger partial charge in [-0.15, -0.1) is 0 Å². The topological polar surface area (TPSA) is 55.8 Å². The van der Waals surface area contributed by atoms with Gasteiger partial charge in [-0.3, -0.25) is 4.79 Å². The van der Waals surface area contributed by atoms with E-state index in [-0.39, 0.29) is 19.1 Å². The maximum absolute atomic E-state index is 12.4. The Bertz CT molecular complexity index is 872. The second-order valence-electron chi connectivity index (χ2n) is 6.00. The van der Waals surface area contributed by atoms with Crippen LogP contribution in [0, 0.1) is 0 Å². The van der Waals surface area contributed by atoms with E-state index in [9.17, 15) is 9.59 Å². The summed E-state index contributed by atoms with van der Waals surface area (Å²) in [4.78, 5) is 26.3. The van der Waals surface area contributed by atoms with Gasteiger partial charge in [-0.2, -0.15) is 0 Å². The molecule has 0 bridgehead atoms. The Kier molecular flexibility index (Phi) is 3.98. The Labute approximate surface area is 145 Å². The third-order valence-electron chi connectivity index (χ3n) is 4.41. The van der Waals surface area contributed by atoms with Crippen molar-refractivity contribution >= 4 is 23.6 Å². The number of anilines is 1. The van der Waals surface area contributed by atoms with Crippen molar-refractivity contribution in [3.05, 3.63) is 65.2 Å². The lowest BCUT2D eigenvalue weighted by atomic mass is 10.1. The highest BCUT2D eigenvalue weighted by atomic mass is 16.5. The minimum Gasteiger partial charge on any atom is -0.488 e. The van der Waals surface area contributed by atoms with E-state index in [1.165, 1.54) is 0 Å². The predicted molar refractivity (Wildman–Crippen MR) is 93.4 cm³/mol. The first-order valence-electron chi connectivity index (χ1n) is 8.20. The van der Waals surface area contributed by atoms with Gasteiger partial charge in [-0.1, -0.05) is 36.4 Å². The molecule has 0 saturated heterocycles. The van der Waals surface area contributed by atoms with Crippen LogP contribution >= 0.6 is 0 Å². The molecule has 2 aliphatic heterocycles. The fraction of sp³-hybridized carbons (Fsp3) is 0.200. The number of para-hydroxylation sites is 2. The Morgan fingerprint density at radius 3 is 2.80 bits per heavy atom. The first kappa shape index (κ1) is 15.4. The van der Waals surface area contributed by atoms with Crippen LogP contribution in [0.5, 0.6) is 5.75 Å². The lowest BCUT2D eigenvalue weighted by Gasteiger charge is -2.19. The molecule has 0 spiro atoms. The molecule has 5 nitrogen and oxygen atoms in total. The Balaban J connectivity index is 1.40. The van der Waals surface area contributed by atoms with Crippen LogP contribution in [0.25, 0.3) is 6.08 Å². The Morgan fingerprint density at radius 2 is 1.88 bits per heavy atom. The molecular formula is C20H17NO4. The molecule has 25 heavy (non-hydrogen) atoms. The maximum atomic E-state index is 12.4. The van der Waals surface area contributed by atoms with Crippen molar-refractivity contribution in [2.24, 2.45) is 0 Å². The summed E-state index contributed by atoms with van der Waals surface area (Å²) < 4.78 is 10.8. The van der Waals surface area contributed by atoms with Crippen molar-refractivity contribution in [3.63, 3.8) is 0 Å². The van der Waals surface area contributed by atoms with E-state index in [0.717, 1.165) is 29.0 Å². The summed E-state index contributed by atoms with van der Waals surface area (Å²) >= 11 is 0. The van der Waals surface area contributed by atoms with Gasteiger partial charge in [0.2, 0.25) is 0 Å². The molecule has 0 radical (unpaired) electrons. The molecule has 4 rings (SSSR count). The van der Waals surface area contributed by atoms with Crippen molar-refractivity contribution in [3.8, 4) is 5.75 Å². The van der Waals surface area contributed by atoms with Crippen molar-refractivity contribution in [2.45, 2.75) is 6.42 Å². The van der Waals surface area contributed by atoms with Crippen LogP contribution in [0.3, 0.4) is 0 Å². The lowest BCUT2D eigenvalue weighted by Crippen LogP contribution is -2.33. The van der Waals surface area contributed by atoms with Gasteiger partial charge in [-0.05, 0) is 30.2 Å². The number of ether oxygens (including phenoxy) is 2. The predicted octanol–water partition coefficient (Wildman–Crippen LogP) is 2.59. The molecule has 5 heteroatoms. The number of rotatable bonds is 3. The zero-order valence-electron chi connectivity index (χ0n) is 13.6. The van der Waals surface area contributed by atoms with Crippen molar-refractivity contribution in [1.29, 1.82) is 0 Å². The SMILES string of the molecule is O=C(OCC(=O)N1CCc2ccccc21)C1=Cc2ccccc2OC1. The quantitative estimate of drug-likeness (QED) is 0.809. The summed E-state index contributed by atoms with van der Waals surface area (Å²) in [6.45, 7) is 0.498. The molecule has 2 heterocycles. The summed E-state index contributed by atoms with van der Waals surface area (Å²) in [6, 6.07) is 15.3. The second-order valence-corrected chi connectivity index (χ2v) is 6.00. The largest absolute Gasteiger partial charge is 0.488 e. The summed E-state index contributed by atoms with van der Waals surface area (Å²) in [5.74, 6) is 0.00941. The van der Waals surface area contributed by atoms with Crippen LogP contribution in [0.1, 0.15) is 11.1 Å². The molecule has 0 fully saturated rings. The number of esters is 1. The molecule has 0 atom stereocenters. The molecule has 126 valence electrons. The van der Waals surface area contributed by atoms with Gasteiger partial charge in [0, 0.05) is 17.8 Å². The van der Waals surface area contributed by atoms with Crippen LogP contribution in [0.15, 0.2) is 54.1 Å². The standard InChI is InChI=1S/C20H17NO4/c22-19(21-10-9-14-5-1-3-7-17(14)21)13-25-20(23)16-11-15-6-2-4-8-18(15)24-12-16/h1-8,11H,9-10,12-13H2. The maximum Gasteiger partial charge on any atom is 0.338 e. The average Bonchev–Trinajstić information content (AvgIpc) is 3.09. The van der Waals surface area contributed by atoms with E-state index >= 15 is 0 Å². The molecule has 0 unspecified atom stereocenters. The highest BCUT2D eigenvalue weighted by molar-refractivity contribution is 6.00. The Hall–Kier alpha value is -3.08. The molecular weight excluding hydrogens is 318 g/mol. The van der Waals surface area contributed by atoms with E-state index < -0.39 is 5.97 Å². The highest BCUT2D eigenvalue weighted by Crippen LogP contribution is 2.28. The third-order valence-corrected chi connectivity index (χ3v) is 4.41. The molecule has 2 aromatic rings. The van der Waals surface area contributed by atoms with Gasteiger partial charge >= 0.3 is 5.97 Å². The lowest BCUT2D eigenvalue weighted by molar-refractivity contribution is -0.144. The third kappa shape index (κ3) is 3.01. The highest BCUT2D eigenvalue weighted by Gasteiger charge is 2.26. The molecule has 0 saturated carbocycles. The van der Waals surface area contributed by atoms with E-state index in [4.69, 9.17) is 9.47 Å². The summed E-state index contributed by atoms with van der Waals surface area (Å²) in [5.41, 5.74) is 3.29. The van der Waals surface area contributed by atoms with E-state index in [0.29, 0.717) is 12.1 Å². The first-order valence-corrected chi connectivity index (χ1v) is 8.20. The molecule has 0 aliphatic carbocycles. The van der Waals surface area contributed by atoms with Gasteiger partial charge in [0.1, 0.15) is 12.4 Å². The molecule has 2 aromatic carbocycles. The van der Waals surface area contributed by atoms with Crippen LogP contribution in [0.4, 0.5) is 5.69 Å². The van der Waals surface area contributed by atoms with Crippen LogP contribution in [-0.4, -0.2) is 31.6 Å². The minimum atomic E-state index is -0.518. The van der Waals surface area contributed by atoms with Gasteiger partial charge in [0.05, 0.1) is 5.57 Å². The van der Waals surface area contributed by atoms with Crippen LogP contribution in [0.2, 0.25) is 0 Å². The smallest absolute Gasteiger partial charge is 0.338 e. The van der Waals surface area contributed by atoms with E-state index in [1.54, 1.807) is 11.0 Å². The number of nitrogens with zero attached hydrogens (tertiary/aromatic N) is 1. The van der Waals surface area contributed by atoms with Gasteiger partial charge in [-0.25, -0.2) is 4.79 Å². The molecule has 1 amide bonds. The number of amides is 1. The van der Waals surface area contributed by atoms with E-state index in [1.807, 2.05) is 48.5 Å². The number of hydrogen-bond donors (Lipinski definition) is 0. The van der Waals surface area contributed by atoms with Gasteiger partial charge < -0.3 is 14.4 Å². The molecule has 2 aliphatic rings. The summed E-state index contributed by atoms with van der Waals surface area (Å²) in [6.07, 6.45) is 2.57. The zero-order chi connectivity index (χ0) is 17.2. The monoisotopic (exact) mass is 335 g/mol. The van der Waals surface area contributed by atoms with Crippen molar-refractivity contribution in [1.82, 2.24) is 0 Å². The van der Waals surface area contributed by atoms with Gasteiger partial charge in [0.15, 0.2) is 6.61 Å². The minimum absolute atomic E-state index is 0.149. The molecule has 0 aromatic heterocycles. The zero-order valence-corrected chi connectivity index (χ0v) is 13.6. The normalized spacial score (nSPS) is 14.9. The number of benzene rings is 2.